The van der Waals surface area contributed by atoms with Crippen LogP contribution in [0.25, 0.3) is 28.0 Å². The molecule has 44 heavy (non-hydrogen) atoms. The van der Waals surface area contributed by atoms with Crippen molar-refractivity contribution in [3.8, 4) is 34.1 Å². The van der Waals surface area contributed by atoms with E-state index in [-0.39, 0.29) is 13.2 Å². The molecule has 0 aromatic heterocycles. The predicted molar refractivity (Wildman–Crippen MR) is 170 cm³/mol. The molecule has 0 spiro atoms. The summed E-state index contributed by atoms with van der Waals surface area (Å²) in [5.74, 6) is 2.18. The molecule has 1 heterocycles. The third-order valence-corrected chi connectivity index (χ3v) is 7.88. The van der Waals surface area contributed by atoms with E-state index in [9.17, 15) is 4.79 Å². The summed E-state index contributed by atoms with van der Waals surface area (Å²) in [4.78, 5) is 13.6. The van der Waals surface area contributed by atoms with Crippen molar-refractivity contribution in [2.45, 2.75) is 5.60 Å². The number of carbonyl (C=O) groups is 1. The Kier molecular flexibility index (Phi) is 7.96. The fourth-order valence-electron chi connectivity index (χ4n) is 5.74. The van der Waals surface area contributed by atoms with E-state index in [2.05, 4.69) is 0 Å². The maximum atomic E-state index is 13.6. The largest absolute Gasteiger partial charge is 0.497 e. The van der Waals surface area contributed by atoms with Crippen LogP contribution in [0.1, 0.15) is 27.0 Å². The minimum Gasteiger partial charge on any atom is -0.497 e. The molecule has 6 rings (SSSR count). The van der Waals surface area contributed by atoms with E-state index in [1.165, 1.54) is 7.11 Å². The van der Waals surface area contributed by atoms with Gasteiger partial charge in [0.1, 0.15) is 29.6 Å². The summed E-state index contributed by atoms with van der Waals surface area (Å²) in [6, 6.07) is 30.9. The maximum absolute atomic E-state index is 13.6. The number of esters is 1. The van der Waals surface area contributed by atoms with Crippen molar-refractivity contribution in [3.63, 3.8) is 0 Å². The molecule has 7 heteroatoms. The van der Waals surface area contributed by atoms with Crippen molar-refractivity contribution in [2.75, 3.05) is 34.5 Å². The van der Waals surface area contributed by atoms with Crippen LogP contribution in [0.4, 0.5) is 0 Å². The summed E-state index contributed by atoms with van der Waals surface area (Å²) in [5, 5.41) is 10.8. The third kappa shape index (κ3) is 5.01. The normalized spacial score (nSPS) is 13.1. The molecule has 7 nitrogen and oxygen atoms in total. The monoisotopic (exact) mass is 588 g/mol. The molecule has 0 atom stereocenters. The Balaban J connectivity index is 1.60. The molecule has 0 bridgehead atoms. The van der Waals surface area contributed by atoms with Crippen molar-refractivity contribution in [3.05, 3.63) is 125 Å². The van der Waals surface area contributed by atoms with Gasteiger partial charge in [-0.25, -0.2) is 4.79 Å². The molecule has 0 saturated carbocycles. The molecule has 0 amide bonds. The van der Waals surface area contributed by atoms with Gasteiger partial charge in [-0.2, -0.15) is 0 Å². The van der Waals surface area contributed by atoms with Gasteiger partial charge >= 0.3 is 5.97 Å². The van der Waals surface area contributed by atoms with Crippen molar-refractivity contribution in [1.82, 2.24) is 0 Å². The summed E-state index contributed by atoms with van der Waals surface area (Å²) >= 11 is 0. The van der Waals surface area contributed by atoms with Gasteiger partial charge in [0.15, 0.2) is 5.60 Å². The number of benzene rings is 5. The zero-order valence-corrected chi connectivity index (χ0v) is 24.7. The lowest BCUT2D eigenvalue weighted by atomic mass is 9.81. The number of aliphatic hydroxyl groups is 1. The quantitative estimate of drug-likeness (QED) is 0.185. The number of carbonyl (C=O) groups excluding carboxylic acids is 1. The van der Waals surface area contributed by atoms with Gasteiger partial charge in [0.25, 0.3) is 0 Å². The van der Waals surface area contributed by atoms with Crippen LogP contribution < -0.4 is 18.9 Å². The average molecular weight is 589 g/mol. The number of methoxy groups -OCH3 is 3. The third-order valence-electron chi connectivity index (χ3n) is 7.88. The Bertz CT molecular complexity index is 1770. The topological polar surface area (TPSA) is 83.5 Å². The van der Waals surface area contributed by atoms with Crippen molar-refractivity contribution < 1.29 is 33.6 Å². The van der Waals surface area contributed by atoms with Crippen LogP contribution in [0.5, 0.6) is 23.0 Å². The number of fused-ring (bicyclic) bond motifs is 3. The fraction of sp³-hybridized carbons (Fsp3) is 0.162. The standard InChI is InChI=1S/C37H32O7/c1-40-27-16-10-25(11-17-27)37(26-12-18-28(41-2)19-13-26)21-20-32-34(36(39)42-3)33(24-8-14-29(15-9-24)43-23-22-38)30-6-4-5-7-31(30)35(32)44-37/h4-21,38H,22-23H2,1-3H3. The van der Waals surface area contributed by atoms with E-state index >= 15 is 0 Å². The Morgan fingerprint density at radius 3 is 1.86 bits per heavy atom. The predicted octanol–water partition coefficient (Wildman–Crippen LogP) is 7.03. The lowest BCUT2D eigenvalue weighted by Gasteiger charge is -2.37. The molecular weight excluding hydrogens is 556 g/mol. The lowest BCUT2D eigenvalue weighted by Crippen LogP contribution is -2.34. The number of ether oxygens (including phenoxy) is 5. The molecule has 1 aliphatic rings. The van der Waals surface area contributed by atoms with E-state index in [4.69, 9.17) is 28.8 Å². The van der Waals surface area contributed by atoms with Crippen molar-refractivity contribution in [1.29, 1.82) is 0 Å². The molecule has 0 fully saturated rings. The first-order chi connectivity index (χ1) is 21.5. The smallest absolute Gasteiger partial charge is 0.339 e. The van der Waals surface area contributed by atoms with Crippen LogP contribution in [0.3, 0.4) is 0 Å². The lowest BCUT2D eigenvalue weighted by molar-refractivity contribution is 0.0600. The number of rotatable bonds is 9. The second-order valence-corrected chi connectivity index (χ2v) is 10.3. The molecule has 222 valence electrons. The maximum Gasteiger partial charge on any atom is 0.339 e. The van der Waals surface area contributed by atoms with Crippen LogP contribution in [-0.2, 0) is 10.3 Å². The molecule has 5 aromatic carbocycles. The van der Waals surface area contributed by atoms with Crippen LogP contribution in [0, 0.1) is 0 Å². The van der Waals surface area contributed by atoms with Crippen LogP contribution in [-0.4, -0.2) is 45.6 Å². The van der Waals surface area contributed by atoms with Gasteiger partial charge in [0.2, 0.25) is 0 Å². The number of aliphatic hydroxyl groups excluding tert-OH is 1. The Hall–Kier alpha value is -5.27. The van der Waals surface area contributed by atoms with Crippen LogP contribution in [0.2, 0.25) is 0 Å². The van der Waals surface area contributed by atoms with Gasteiger partial charge in [-0.15, -0.1) is 0 Å². The summed E-state index contributed by atoms with van der Waals surface area (Å²) < 4.78 is 28.9. The minimum absolute atomic E-state index is 0.0788. The average Bonchev–Trinajstić information content (AvgIpc) is 3.10. The van der Waals surface area contributed by atoms with E-state index in [0.717, 1.165) is 44.5 Å². The highest BCUT2D eigenvalue weighted by Gasteiger charge is 2.40. The first-order valence-corrected chi connectivity index (χ1v) is 14.2. The van der Waals surface area contributed by atoms with E-state index in [0.29, 0.717) is 22.6 Å². The van der Waals surface area contributed by atoms with Gasteiger partial charge in [0.05, 0.1) is 33.5 Å². The first-order valence-electron chi connectivity index (χ1n) is 14.2. The van der Waals surface area contributed by atoms with Gasteiger partial charge in [-0.3, -0.25) is 0 Å². The summed E-state index contributed by atoms with van der Waals surface area (Å²) in [5.41, 5.74) is 3.33. The molecule has 5 aromatic rings. The van der Waals surface area contributed by atoms with Crippen molar-refractivity contribution >= 4 is 22.8 Å². The second kappa shape index (κ2) is 12.1. The van der Waals surface area contributed by atoms with E-state index < -0.39 is 11.6 Å². The Labute approximate surface area is 255 Å². The van der Waals surface area contributed by atoms with Crippen molar-refractivity contribution in [2.24, 2.45) is 0 Å². The highest BCUT2D eigenvalue weighted by atomic mass is 16.5. The Morgan fingerprint density at radius 1 is 0.750 bits per heavy atom. The zero-order chi connectivity index (χ0) is 30.7. The molecule has 0 aliphatic carbocycles. The molecule has 1 N–H and O–H groups in total. The molecule has 0 radical (unpaired) electrons. The van der Waals surface area contributed by atoms with E-state index in [1.807, 2.05) is 109 Å². The minimum atomic E-state index is -1.02. The number of hydrogen-bond acceptors (Lipinski definition) is 7. The molecule has 0 saturated heterocycles. The second-order valence-electron chi connectivity index (χ2n) is 10.3. The van der Waals surface area contributed by atoms with E-state index in [1.54, 1.807) is 14.2 Å². The molecule has 0 unspecified atom stereocenters. The summed E-state index contributed by atoms with van der Waals surface area (Å²) in [6.45, 7) is 0.116. The highest BCUT2D eigenvalue weighted by molar-refractivity contribution is 6.14. The molecule has 1 aliphatic heterocycles. The highest BCUT2D eigenvalue weighted by Crippen LogP contribution is 2.50. The summed E-state index contributed by atoms with van der Waals surface area (Å²) in [7, 11) is 4.65. The van der Waals surface area contributed by atoms with Gasteiger partial charge in [-0.1, -0.05) is 60.7 Å². The SMILES string of the molecule is COC(=O)c1c2c(c3ccccc3c1-c1ccc(OCCO)cc1)OC(c1ccc(OC)cc1)(c1ccc(OC)cc1)C=C2. The summed E-state index contributed by atoms with van der Waals surface area (Å²) in [6.07, 6.45) is 3.93. The van der Waals surface area contributed by atoms with Crippen LogP contribution >= 0.6 is 0 Å². The molecular formula is C37H32O7. The number of hydrogen-bond donors (Lipinski definition) is 1. The zero-order valence-electron chi connectivity index (χ0n) is 24.7. The van der Waals surface area contributed by atoms with Crippen LogP contribution in [0.15, 0.2) is 103 Å². The fourth-order valence-corrected chi connectivity index (χ4v) is 5.74. The van der Waals surface area contributed by atoms with Gasteiger partial charge in [0, 0.05) is 27.6 Å². The Morgan fingerprint density at radius 2 is 1.32 bits per heavy atom. The van der Waals surface area contributed by atoms with Gasteiger partial charge < -0.3 is 28.8 Å². The first kappa shape index (κ1) is 28.8. The van der Waals surface area contributed by atoms with Gasteiger partial charge in [-0.05, 0) is 59.5 Å².